The quantitative estimate of drug-likeness (QED) is 0.763. The van der Waals surface area contributed by atoms with Crippen LogP contribution in [0.4, 0.5) is 0 Å². The number of aromatic nitrogens is 1. The molecule has 0 fully saturated rings. The number of rotatable bonds is 2. The molecule has 3 nitrogen and oxygen atoms in total. The van der Waals surface area contributed by atoms with E-state index in [2.05, 4.69) is 4.98 Å². The molecule has 0 aliphatic carbocycles. The predicted molar refractivity (Wildman–Crippen MR) is 53.5 cm³/mol. The summed E-state index contributed by atoms with van der Waals surface area (Å²) in [7, 11) is 1.60. The fraction of sp³-hybridized carbons (Fsp3) is 0.100. The highest BCUT2D eigenvalue weighted by atomic mass is 35.5. The predicted octanol–water partition coefficient (Wildman–Crippen LogP) is 3.00. The minimum Gasteiger partial charge on any atom is -0.496 e. The first kappa shape index (κ1) is 9.09. The van der Waals surface area contributed by atoms with Crippen LogP contribution in [0.3, 0.4) is 0 Å². The topological polar surface area (TPSA) is 35.3 Å². The number of hydrogen-bond acceptors (Lipinski definition) is 3. The van der Waals surface area contributed by atoms with Crippen LogP contribution in [0, 0.1) is 0 Å². The number of hydrogen-bond donors (Lipinski definition) is 0. The number of halogens is 1. The Labute approximate surface area is 86.3 Å². The van der Waals surface area contributed by atoms with E-state index in [1.807, 2.05) is 0 Å². The van der Waals surface area contributed by atoms with Crippen molar-refractivity contribution in [3.8, 4) is 17.0 Å². The summed E-state index contributed by atoms with van der Waals surface area (Å²) in [5, 5.41) is 0.642. The van der Waals surface area contributed by atoms with Crippen LogP contribution in [-0.2, 0) is 0 Å². The van der Waals surface area contributed by atoms with Gasteiger partial charge in [0.05, 0.1) is 7.11 Å². The highest BCUT2D eigenvalue weighted by Crippen LogP contribution is 2.31. The summed E-state index contributed by atoms with van der Waals surface area (Å²) in [5.41, 5.74) is 1.54. The van der Waals surface area contributed by atoms with Crippen molar-refractivity contribution in [3.63, 3.8) is 0 Å². The average molecular weight is 210 g/mol. The Morgan fingerprint density at radius 3 is 2.93 bits per heavy atom. The van der Waals surface area contributed by atoms with Gasteiger partial charge in [-0.25, -0.2) is 4.98 Å². The van der Waals surface area contributed by atoms with Gasteiger partial charge in [-0.3, -0.25) is 0 Å². The van der Waals surface area contributed by atoms with Crippen LogP contribution in [-0.4, -0.2) is 12.1 Å². The second kappa shape index (κ2) is 3.72. The maximum Gasteiger partial charge on any atom is 0.181 e. The summed E-state index contributed by atoms with van der Waals surface area (Å²) in [6.07, 6.45) is 2.92. The number of methoxy groups -OCH3 is 1. The molecule has 0 aliphatic rings. The van der Waals surface area contributed by atoms with E-state index in [9.17, 15) is 0 Å². The molecule has 0 saturated carbocycles. The second-order valence-electron chi connectivity index (χ2n) is 2.72. The van der Waals surface area contributed by atoms with E-state index < -0.39 is 0 Å². The van der Waals surface area contributed by atoms with Gasteiger partial charge in [0.2, 0.25) is 0 Å². The summed E-state index contributed by atoms with van der Waals surface area (Å²) >= 11 is 5.88. The Kier molecular flexibility index (Phi) is 2.41. The Morgan fingerprint density at radius 1 is 1.43 bits per heavy atom. The third-order valence-electron chi connectivity index (χ3n) is 1.87. The van der Waals surface area contributed by atoms with Gasteiger partial charge in [0.1, 0.15) is 17.7 Å². The number of benzene rings is 1. The Bertz CT molecular complexity index is 426. The van der Waals surface area contributed by atoms with Crippen molar-refractivity contribution in [2.45, 2.75) is 0 Å². The van der Waals surface area contributed by atoms with E-state index in [1.54, 1.807) is 31.6 Å². The van der Waals surface area contributed by atoms with Gasteiger partial charge in [-0.1, -0.05) is 11.6 Å². The molecule has 0 bridgehead atoms. The molecule has 1 aromatic heterocycles. The van der Waals surface area contributed by atoms with Gasteiger partial charge in [-0.15, -0.1) is 0 Å². The number of oxazole rings is 1. The fourth-order valence-electron chi connectivity index (χ4n) is 1.23. The second-order valence-corrected chi connectivity index (χ2v) is 3.15. The van der Waals surface area contributed by atoms with E-state index in [0.29, 0.717) is 10.7 Å². The molecule has 14 heavy (non-hydrogen) atoms. The number of nitrogens with zero attached hydrogens (tertiary/aromatic N) is 1. The monoisotopic (exact) mass is 209 g/mol. The van der Waals surface area contributed by atoms with Gasteiger partial charge in [-0.2, -0.15) is 0 Å². The van der Waals surface area contributed by atoms with Crippen molar-refractivity contribution in [3.05, 3.63) is 35.9 Å². The van der Waals surface area contributed by atoms with Gasteiger partial charge >= 0.3 is 0 Å². The van der Waals surface area contributed by atoms with Gasteiger partial charge in [-0.05, 0) is 18.2 Å². The highest BCUT2D eigenvalue weighted by Gasteiger charge is 2.08. The third-order valence-corrected chi connectivity index (χ3v) is 2.10. The molecule has 0 radical (unpaired) electrons. The lowest BCUT2D eigenvalue weighted by Crippen LogP contribution is -1.87. The SMILES string of the molecule is COc1ccc(Cl)cc1-c1cocn1. The van der Waals surface area contributed by atoms with Crippen molar-refractivity contribution >= 4 is 11.6 Å². The zero-order valence-corrected chi connectivity index (χ0v) is 8.28. The van der Waals surface area contributed by atoms with Crippen molar-refractivity contribution in [1.29, 1.82) is 0 Å². The first-order valence-electron chi connectivity index (χ1n) is 4.03. The van der Waals surface area contributed by atoms with Gasteiger partial charge < -0.3 is 9.15 Å². The lowest BCUT2D eigenvalue weighted by atomic mass is 10.1. The largest absolute Gasteiger partial charge is 0.496 e. The molecule has 4 heteroatoms. The molecule has 0 unspecified atom stereocenters. The van der Waals surface area contributed by atoms with Crippen molar-refractivity contribution in [2.75, 3.05) is 7.11 Å². The first-order valence-corrected chi connectivity index (χ1v) is 4.41. The van der Waals surface area contributed by atoms with E-state index in [0.717, 1.165) is 11.3 Å². The van der Waals surface area contributed by atoms with Crippen LogP contribution in [0.2, 0.25) is 5.02 Å². The molecule has 0 saturated heterocycles. The van der Waals surface area contributed by atoms with Crippen LogP contribution in [0.5, 0.6) is 5.75 Å². The molecule has 2 aromatic rings. The van der Waals surface area contributed by atoms with Crippen LogP contribution < -0.4 is 4.74 Å². The molecule has 0 aliphatic heterocycles. The molecule has 0 atom stereocenters. The van der Waals surface area contributed by atoms with Crippen LogP contribution in [0.1, 0.15) is 0 Å². The smallest absolute Gasteiger partial charge is 0.181 e. The average Bonchev–Trinajstić information content (AvgIpc) is 2.70. The maximum absolute atomic E-state index is 5.88. The van der Waals surface area contributed by atoms with Crippen LogP contribution >= 0.6 is 11.6 Å². The summed E-state index contributed by atoms with van der Waals surface area (Å²) in [5.74, 6) is 0.725. The summed E-state index contributed by atoms with van der Waals surface area (Å²) in [6.45, 7) is 0. The maximum atomic E-state index is 5.88. The van der Waals surface area contributed by atoms with E-state index in [1.165, 1.54) is 6.39 Å². The number of ether oxygens (including phenoxy) is 1. The zero-order chi connectivity index (χ0) is 9.97. The lowest BCUT2D eigenvalue weighted by Gasteiger charge is -2.05. The molecule has 1 aromatic carbocycles. The van der Waals surface area contributed by atoms with Crippen molar-refractivity contribution in [1.82, 2.24) is 4.98 Å². The van der Waals surface area contributed by atoms with Crippen molar-refractivity contribution in [2.24, 2.45) is 0 Å². The van der Waals surface area contributed by atoms with Crippen LogP contribution in [0.15, 0.2) is 35.3 Å². The lowest BCUT2D eigenvalue weighted by molar-refractivity contribution is 0.416. The normalized spacial score (nSPS) is 10.1. The minimum absolute atomic E-state index is 0.642. The van der Waals surface area contributed by atoms with E-state index in [-0.39, 0.29) is 0 Å². The molecule has 0 N–H and O–H groups in total. The summed E-state index contributed by atoms with van der Waals surface area (Å²) in [6, 6.07) is 5.36. The first-order chi connectivity index (χ1) is 6.81. The molecular formula is C10H8ClNO2. The van der Waals surface area contributed by atoms with E-state index in [4.69, 9.17) is 20.8 Å². The molecule has 0 amide bonds. The van der Waals surface area contributed by atoms with Gasteiger partial charge in [0, 0.05) is 10.6 Å². The van der Waals surface area contributed by atoms with Gasteiger partial charge in [0.25, 0.3) is 0 Å². The summed E-state index contributed by atoms with van der Waals surface area (Å²) < 4.78 is 10.1. The standard InChI is InChI=1S/C10H8ClNO2/c1-13-10-3-2-7(11)4-8(10)9-5-14-6-12-9/h2-6H,1H3. The fourth-order valence-corrected chi connectivity index (χ4v) is 1.40. The minimum atomic E-state index is 0.642. The molecule has 72 valence electrons. The molecule has 1 heterocycles. The molecule has 0 spiro atoms. The molecular weight excluding hydrogens is 202 g/mol. The van der Waals surface area contributed by atoms with Gasteiger partial charge in [0.15, 0.2) is 6.39 Å². The Morgan fingerprint density at radius 2 is 2.29 bits per heavy atom. The van der Waals surface area contributed by atoms with E-state index >= 15 is 0 Å². The Balaban J connectivity index is 2.55. The summed E-state index contributed by atoms with van der Waals surface area (Å²) in [4.78, 5) is 4.03. The molecule has 2 rings (SSSR count). The third kappa shape index (κ3) is 1.59. The Hall–Kier alpha value is -1.48. The zero-order valence-electron chi connectivity index (χ0n) is 7.53. The highest BCUT2D eigenvalue weighted by molar-refractivity contribution is 6.30. The van der Waals surface area contributed by atoms with Crippen molar-refractivity contribution < 1.29 is 9.15 Å². The van der Waals surface area contributed by atoms with Crippen LogP contribution in [0.25, 0.3) is 11.3 Å².